The molecular weight excluding hydrogens is 260 g/mol. The van der Waals surface area contributed by atoms with Crippen molar-refractivity contribution in [1.82, 2.24) is 9.88 Å². The van der Waals surface area contributed by atoms with Gasteiger partial charge in [0.2, 0.25) is 5.91 Å². The van der Waals surface area contributed by atoms with Crippen LogP contribution in [0.4, 0.5) is 5.82 Å². The molecule has 6 heteroatoms. The molecule has 1 amide bonds. The molecule has 1 aromatic rings. The summed E-state index contributed by atoms with van der Waals surface area (Å²) in [5.74, 6) is 0.750. The van der Waals surface area contributed by atoms with Gasteiger partial charge in [-0.2, -0.15) is 0 Å². The molecule has 0 aliphatic carbocycles. The first-order valence-electron chi connectivity index (χ1n) is 6.13. The van der Waals surface area contributed by atoms with E-state index in [1.54, 1.807) is 17.2 Å². The summed E-state index contributed by atoms with van der Waals surface area (Å²) in [7, 11) is 1.81. The lowest BCUT2D eigenvalue weighted by atomic mass is 9.97. The first-order chi connectivity index (χ1) is 8.85. The van der Waals surface area contributed by atoms with E-state index >= 15 is 0 Å². The number of hydrogen-bond acceptors (Lipinski definition) is 4. The number of anilines is 1. The molecule has 1 aromatic heterocycles. The Kier molecular flexibility index (Phi) is 3.45. The van der Waals surface area contributed by atoms with Crippen molar-refractivity contribution in [3.05, 3.63) is 23.9 Å². The van der Waals surface area contributed by atoms with Crippen LogP contribution < -0.4 is 10.6 Å². The Morgan fingerprint density at radius 1 is 1.47 bits per heavy atom. The average molecular weight is 278 g/mol. The number of rotatable bonds is 2. The van der Waals surface area contributed by atoms with E-state index in [9.17, 15) is 4.79 Å². The molecule has 0 bridgehead atoms. The van der Waals surface area contributed by atoms with Gasteiger partial charge in [0.15, 0.2) is 0 Å². The molecule has 0 saturated carbocycles. The summed E-state index contributed by atoms with van der Waals surface area (Å²) in [6.07, 6.45) is 1.69. The fourth-order valence-electron chi connectivity index (χ4n) is 2.39. The number of pyridine rings is 1. The van der Waals surface area contributed by atoms with Crippen LogP contribution in [0.15, 0.2) is 18.3 Å². The van der Waals surface area contributed by atoms with Crippen molar-refractivity contribution in [3.8, 4) is 0 Å². The number of aromatic nitrogens is 1. The van der Waals surface area contributed by atoms with Gasteiger partial charge in [-0.05, 0) is 26.0 Å². The molecule has 0 atom stereocenters. The molecule has 2 rings (SSSR count). The maximum absolute atomic E-state index is 12.3. The lowest BCUT2D eigenvalue weighted by Crippen LogP contribution is -2.62. The van der Waals surface area contributed by atoms with Gasteiger partial charge >= 0.3 is 0 Å². The second kappa shape index (κ2) is 4.77. The maximum atomic E-state index is 12.3. The smallest absolute Gasteiger partial charge is 0.247 e. The average Bonchev–Trinajstić information content (AvgIpc) is 2.36. The third-order valence-corrected chi connectivity index (χ3v) is 3.73. The minimum absolute atomic E-state index is 0.0679. The molecule has 0 spiro atoms. The number of piperazine rings is 1. The zero-order valence-corrected chi connectivity index (χ0v) is 12.2. The number of hydrogen-bond donors (Lipinski definition) is 1. The Hall–Kier alpha value is -1.69. The van der Waals surface area contributed by atoms with Crippen molar-refractivity contribution in [2.45, 2.75) is 19.4 Å². The molecule has 19 heavy (non-hydrogen) atoms. The summed E-state index contributed by atoms with van der Waals surface area (Å²) in [5, 5.41) is 0. The van der Waals surface area contributed by atoms with Gasteiger partial charge in [0.05, 0.1) is 5.56 Å². The number of nitrogens with zero attached hydrogens (tertiary/aromatic N) is 3. The van der Waals surface area contributed by atoms with Gasteiger partial charge in [0, 0.05) is 26.3 Å². The highest BCUT2D eigenvalue weighted by Crippen LogP contribution is 2.29. The molecule has 1 aliphatic rings. The number of thiocarbonyl (C=S) groups is 1. The van der Waals surface area contributed by atoms with Crippen molar-refractivity contribution in [2.24, 2.45) is 5.73 Å². The second-order valence-electron chi connectivity index (χ2n) is 5.18. The lowest BCUT2D eigenvalue weighted by Gasteiger charge is -2.45. The van der Waals surface area contributed by atoms with Crippen molar-refractivity contribution >= 4 is 28.9 Å². The molecule has 102 valence electrons. The van der Waals surface area contributed by atoms with Crippen LogP contribution in [0.1, 0.15) is 19.4 Å². The molecular formula is C13H18N4OS. The molecule has 0 aromatic carbocycles. The Morgan fingerprint density at radius 2 is 2.16 bits per heavy atom. The summed E-state index contributed by atoms with van der Waals surface area (Å²) in [5.41, 5.74) is 5.80. The summed E-state index contributed by atoms with van der Waals surface area (Å²) in [4.78, 5) is 20.7. The molecule has 1 saturated heterocycles. The number of nitrogens with two attached hydrogens (primary N) is 1. The van der Waals surface area contributed by atoms with E-state index in [-0.39, 0.29) is 5.91 Å². The minimum Gasteiger partial charge on any atom is -0.389 e. The Labute approximate surface area is 118 Å². The number of likely N-dealkylation sites (N-methyl/N-ethyl adjacent to an activating group) is 1. The van der Waals surface area contributed by atoms with E-state index in [1.807, 2.05) is 31.9 Å². The predicted octanol–water partition coefficient (Wildman–Crippen LogP) is 0.773. The fraction of sp³-hybridized carbons (Fsp3) is 0.462. The van der Waals surface area contributed by atoms with Crippen LogP contribution in [0.2, 0.25) is 0 Å². The second-order valence-corrected chi connectivity index (χ2v) is 5.62. The van der Waals surface area contributed by atoms with Gasteiger partial charge in [0.25, 0.3) is 0 Å². The monoisotopic (exact) mass is 278 g/mol. The van der Waals surface area contributed by atoms with Gasteiger partial charge < -0.3 is 15.5 Å². The van der Waals surface area contributed by atoms with Crippen LogP contribution in [0.5, 0.6) is 0 Å². The van der Waals surface area contributed by atoms with Crippen LogP contribution in [0.25, 0.3) is 0 Å². The van der Waals surface area contributed by atoms with Crippen molar-refractivity contribution < 1.29 is 4.79 Å². The van der Waals surface area contributed by atoms with Gasteiger partial charge in [0.1, 0.15) is 16.3 Å². The maximum Gasteiger partial charge on any atom is 0.247 e. The molecule has 1 fully saturated rings. The van der Waals surface area contributed by atoms with Crippen molar-refractivity contribution in [2.75, 3.05) is 25.0 Å². The number of amides is 1. The van der Waals surface area contributed by atoms with Crippen LogP contribution >= 0.6 is 12.2 Å². The lowest BCUT2D eigenvalue weighted by molar-refractivity contribution is -0.136. The van der Waals surface area contributed by atoms with E-state index < -0.39 is 5.54 Å². The van der Waals surface area contributed by atoms with E-state index in [1.165, 1.54) is 0 Å². The topological polar surface area (TPSA) is 62.5 Å². The molecule has 5 nitrogen and oxygen atoms in total. The Morgan fingerprint density at radius 3 is 2.79 bits per heavy atom. The van der Waals surface area contributed by atoms with E-state index in [0.29, 0.717) is 29.5 Å². The van der Waals surface area contributed by atoms with Crippen LogP contribution in [-0.4, -0.2) is 46.5 Å². The van der Waals surface area contributed by atoms with E-state index in [2.05, 4.69) is 4.98 Å². The minimum atomic E-state index is -0.652. The zero-order chi connectivity index (χ0) is 14.2. The normalized spacial score (nSPS) is 18.6. The van der Waals surface area contributed by atoms with Gasteiger partial charge in [-0.3, -0.25) is 4.79 Å². The highest BCUT2D eigenvalue weighted by Gasteiger charge is 2.41. The van der Waals surface area contributed by atoms with Gasteiger partial charge in [-0.1, -0.05) is 12.2 Å². The first-order valence-corrected chi connectivity index (χ1v) is 6.54. The van der Waals surface area contributed by atoms with Crippen LogP contribution in [0.3, 0.4) is 0 Å². The van der Waals surface area contributed by atoms with Gasteiger partial charge in [-0.25, -0.2) is 4.98 Å². The summed E-state index contributed by atoms with van der Waals surface area (Å²) in [6.45, 7) is 5.16. The highest BCUT2D eigenvalue weighted by molar-refractivity contribution is 7.80. The predicted molar refractivity (Wildman–Crippen MR) is 79.2 cm³/mol. The number of carbonyl (C=O) groups is 1. The quantitative estimate of drug-likeness (QED) is 0.810. The standard InChI is InChI=1S/C13H18N4OS/c1-13(2)12(18)16(3)7-8-17(13)11-9(10(14)19)5-4-6-15-11/h4-6H,7-8H2,1-3H3,(H2,14,19). The number of carbonyl (C=O) groups excluding carboxylic acids is 1. The molecule has 2 N–H and O–H groups in total. The molecule has 1 aliphatic heterocycles. The SMILES string of the molecule is CN1CCN(c2ncccc2C(N)=S)C(C)(C)C1=O. The summed E-state index contributed by atoms with van der Waals surface area (Å²) in [6, 6.07) is 3.63. The molecule has 0 unspecified atom stereocenters. The van der Waals surface area contributed by atoms with Crippen LogP contribution in [-0.2, 0) is 4.79 Å². The summed E-state index contributed by atoms with van der Waals surface area (Å²) < 4.78 is 0. The van der Waals surface area contributed by atoms with Crippen molar-refractivity contribution in [1.29, 1.82) is 0 Å². The summed E-state index contributed by atoms with van der Waals surface area (Å²) >= 11 is 5.06. The first kappa shape index (κ1) is 13.7. The van der Waals surface area contributed by atoms with Gasteiger partial charge in [-0.15, -0.1) is 0 Å². The molecule has 0 radical (unpaired) electrons. The highest BCUT2D eigenvalue weighted by atomic mass is 32.1. The van der Waals surface area contributed by atoms with E-state index in [4.69, 9.17) is 18.0 Å². The Balaban J connectivity index is 2.47. The zero-order valence-electron chi connectivity index (χ0n) is 11.4. The molecule has 2 heterocycles. The Bertz CT molecular complexity index is 529. The fourth-order valence-corrected chi connectivity index (χ4v) is 2.55. The third-order valence-electron chi connectivity index (χ3n) is 3.51. The third kappa shape index (κ3) is 2.28. The largest absolute Gasteiger partial charge is 0.389 e. The van der Waals surface area contributed by atoms with Crippen molar-refractivity contribution in [3.63, 3.8) is 0 Å². The van der Waals surface area contributed by atoms with E-state index in [0.717, 1.165) is 0 Å². The van der Waals surface area contributed by atoms with Crippen LogP contribution in [0, 0.1) is 0 Å².